The Balaban J connectivity index is 2.82. The number of hydrogen-bond donors (Lipinski definition) is 1. The van der Waals surface area contributed by atoms with E-state index in [-0.39, 0.29) is 17.7 Å². The molecule has 21 heavy (non-hydrogen) atoms. The second-order valence-electron chi connectivity index (χ2n) is 6.16. The largest absolute Gasteiger partial charge is 0.464 e. The fourth-order valence-electron chi connectivity index (χ4n) is 2.24. The van der Waals surface area contributed by atoms with Gasteiger partial charge in [-0.15, -0.1) is 0 Å². The Kier molecular flexibility index (Phi) is 6.92. The predicted octanol–water partition coefficient (Wildman–Crippen LogP) is 1.71. The van der Waals surface area contributed by atoms with Gasteiger partial charge in [-0.25, -0.2) is 0 Å². The first kappa shape index (κ1) is 17.7. The van der Waals surface area contributed by atoms with Crippen molar-refractivity contribution in [2.45, 2.75) is 27.3 Å². The van der Waals surface area contributed by atoms with Crippen molar-refractivity contribution in [2.75, 3.05) is 33.7 Å². The van der Waals surface area contributed by atoms with Gasteiger partial charge in [-0.2, -0.15) is 0 Å². The summed E-state index contributed by atoms with van der Waals surface area (Å²) in [5, 5.41) is 0. The molecule has 1 unspecified atom stereocenters. The summed E-state index contributed by atoms with van der Waals surface area (Å²) in [6, 6.07) is 3.85. The molecule has 0 spiro atoms. The highest BCUT2D eigenvalue weighted by molar-refractivity contribution is 5.79. The Labute approximate surface area is 128 Å². The van der Waals surface area contributed by atoms with Gasteiger partial charge >= 0.3 is 0 Å². The number of carbonyl (C=O) groups excluding carboxylic acids is 1. The molecule has 0 aromatic carbocycles. The molecule has 0 aliphatic carbocycles. The average Bonchev–Trinajstić information content (AvgIpc) is 2.80. The zero-order valence-corrected chi connectivity index (χ0v) is 13.9. The van der Waals surface area contributed by atoms with E-state index in [2.05, 4.69) is 4.90 Å². The summed E-state index contributed by atoms with van der Waals surface area (Å²) in [5.41, 5.74) is 5.78. The van der Waals surface area contributed by atoms with Crippen LogP contribution in [0.5, 0.6) is 0 Å². The zero-order valence-electron chi connectivity index (χ0n) is 13.9. The van der Waals surface area contributed by atoms with Crippen LogP contribution in [0.3, 0.4) is 0 Å². The van der Waals surface area contributed by atoms with Crippen molar-refractivity contribution in [3.05, 3.63) is 23.7 Å². The molecule has 1 heterocycles. The number of hydrogen-bond acceptors (Lipinski definition) is 4. The van der Waals surface area contributed by atoms with Crippen molar-refractivity contribution in [1.29, 1.82) is 0 Å². The van der Waals surface area contributed by atoms with Crippen molar-refractivity contribution in [3.8, 4) is 0 Å². The van der Waals surface area contributed by atoms with E-state index in [0.29, 0.717) is 19.6 Å². The van der Waals surface area contributed by atoms with E-state index in [1.54, 1.807) is 0 Å². The van der Waals surface area contributed by atoms with E-state index in [1.807, 2.05) is 51.9 Å². The predicted molar refractivity (Wildman–Crippen MR) is 84.8 cm³/mol. The van der Waals surface area contributed by atoms with Crippen LogP contribution in [0.1, 0.15) is 25.4 Å². The molecular weight excluding hydrogens is 266 g/mol. The molecule has 120 valence electrons. The van der Waals surface area contributed by atoms with Gasteiger partial charge in [-0.05, 0) is 39.1 Å². The van der Waals surface area contributed by atoms with Crippen molar-refractivity contribution in [1.82, 2.24) is 9.80 Å². The maximum atomic E-state index is 12.7. The van der Waals surface area contributed by atoms with E-state index in [0.717, 1.165) is 18.1 Å². The van der Waals surface area contributed by atoms with Gasteiger partial charge in [0.15, 0.2) is 0 Å². The van der Waals surface area contributed by atoms with Gasteiger partial charge in [0.25, 0.3) is 0 Å². The summed E-state index contributed by atoms with van der Waals surface area (Å²) in [4.78, 5) is 16.7. The van der Waals surface area contributed by atoms with Crippen LogP contribution in [-0.4, -0.2) is 49.4 Å². The highest BCUT2D eigenvalue weighted by Gasteiger charge is 2.26. The normalized spacial score (nSPS) is 13.0. The number of amides is 1. The fraction of sp³-hybridized carbons (Fsp3) is 0.688. The van der Waals surface area contributed by atoms with Crippen molar-refractivity contribution >= 4 is 5.91 Å². The van der Waals surface area contributed by atoms with Crippen molar-refractivity contribution in [3.63, 3.8) is 0 Å². The van der Waals surface area contributed by atoms with Crippen LogP contribution in [0.15, 0.2) is 16.5 Å². The molecule has 1 amide bonds. The van der Waals surface area contributed by atoms with E-state index in [9.17, 15) is 4.79 Å². The first-order chi connectivity index (χ1) is 9.85. The number of likely N-dealkylation sites (N-methyl/N-ethyl adjacent to an activating group) is 1. The number of rotatable bonds is 8. The number of nitrogens with two attached hydrogens (primary N) is 1. The highest BCUT2D eigenvalue weighted by atomic mass is 16.3. The van der Waals surface area contributed by atoms with E-state index < -0.39 is 0 Å². The van der Waals surface area contributed by atoms with Gasteiger partial charge in [-0.1, -0.05) is 13.8 Å². The van der Waals surface area contributed by atoms with Crippen molar-refractivity contribution < 1.29 is 9.21 Å². The standard InChI is InChI=1S/C16H29N3O2/c1-12(2)15(10-17)16(20)19(9-8-18(4)5)11-14-7-6-13(3)21-14/h6-7,12,15H,8-11,17H2,1-5H3. The molecule has 5 nitrogen and oxygen atoms in total. The molecule has 0 saturated carbocycles. The van der Waals surface area contributed by atoms with Crippen LogP contribution in [0, 0.1) is 18.8 Å². The summed E-state index contributed by atoms with van der Waals surface area (Å²) in [7, 11) is 4.01. The molecule has 1 aromatic rings. The van der Waals surface area contributed by atoms with Crippen LogP contribution >= 0.6 is 0 Å². The van der Waals surface area contributed by atoms with Gasteiger partial charge < -0.3 is 20.0 Å². The Morgan fingerprint density at radius 3 is 2.38 bits per heavy atom. The Morgan fingerprint density at radius 1 is 1.29 bits per heavy atom. The minimum atomic E-state index is -0.136. The third-order valence-electron chi connectivity index (χ3n) is 3.65. The van der Waals surface area contributed by atoms with E-state index in [1.165, 1.54) is 0 Å². The van der Waals surface area contributed by atoms with Crippen LogP contribution < -0.4 is 5.73 Å². The van der Waals surface area contributed by atoms with E-state index >= 15 is 0 Å². The van der Waals surface area contributed by atoms with Gasteiger partial charge in [0.2, 0.25) is 5.91 Å². The quantitative estimate of drug-likeness (QED) is 0.793. The lowest BCUT2D eigenvalue weighted by molar-refractivity contribution is -0.137. The monoisotopic (exact) mass is 295 g/mol. The summed E-state index contributed by atoms with van der Waals surface area (Å²) in [6.45, 7) is 8.37. The molecule has 5 heteroatoms. The highest BCUT2D eigenvalue weighted by Crippen LogP contribution is 2.16. The molecule has 1 rings (SSSR count). The lowest BCUT2D eigenvalue weighted by Crippen LogP contribution is -2.43. The van der Waals surface area contributed by atoms with Crippen LogP contribution in [0.25, 0.3) is 0 Å². The molecule has 0 bridgehead atoms. The molecule has 0 fully saturated rings. The topological polar surface area (TPSA) is 62.7 Å². The molecule has 1 atom stereocenters. The van der Waals surface area contributed by atoms with Gasteiger partial charge in [-0.3, -0.25) is 4.79 Å². The number of nitrogens with zero attached hydrogens (tertiary/aromatic N) is 2. The Hall–Kier alpha value is -1.33. The third kappa shape index (κ3) is 5.52. The van der Waals surface area contributed by atoms with Crippen LogP contribution in [0.2, 0.25) is 0 Å². The minimum absolute atomic E-state index is 0.114. The maximum absolute atomic E-state index is 12.7. The number of aryl methyl sites for hydroxylation is 1. The second kappa shape index (κ2) is 8.20. The lowest BCUT2D eigenvalue weighted by atomic mass is 9.94. The molecule has 0 saturated heterocycles. The van der Waals surface area contributed by atoms with Gasteiger partial charge in [0.1, 0.15) is 11.5 Å². The smallest absolute Gasteiger partial charge is 0.227 e. The lowest BCUT2D eigenvalue weighted by Gasteiger charge is -2.29. The first-order valence-electron chi connectivity index (χ1n) is 7.54. The molecule has 0 radical (unpaired) electrons. The summed E-state index contributed by atoms with van der Waals surface area (Å²) < 4.78 is 5.61. The third-order valence-corrected chi connectivity index (χ3v) is 3.65. The van der Waals surface area contributed by atoms with Gasteiger partial charge in [0.05, 0.1) is 12.5 Å². The number of furan rings is 1. The first-order valence-corrected chi connectivity index (χ1v) is 7.54. The summed E-state index contributed by atoms with van der Waals surface area (Å²) in [6.07, 6.45) is 0. The summed E-state index contributed by atoms with van der Waals surface area (Å²) >= 11 is 0. The molecule has 2 N–H and O–H groups in total. The maximum Gasteiger partial charge on any atom is 0.227 e. The Bertz CT molecular complexity index is 440. The van der Waals surface area contributed by atoms with Crippen LogP contribution in [-0.2, 0) is 11.3 Å². The molecular formula is C16H29N3O2. The average molecular weight is 295 g/mol. The fourth-order valence-corrected chi connectivity index (χ4v) is 2.24. The van der Waals surface area contributed by atoms with Gasteiger partial charge in [0, 0.05) is 19.6 Å². The minimum Gasteiger partial charge on any atom is -0.464 e. The summed E-state index contributed by atoms with van der Waals surface area (Å²) in [5.74, 6) is 1.90. The van der Waals surface area contributed by atoms with E-state index in [4.69, 9.17) is 10.2 Å². The SMILES string of the molecule is Cc1ccc(CN(CCN(C)C)C(=O)C(CN)C(C)C)o1. The Morgan fingerprint density at radius 2 is 1.95 bits per heavy atom. The second-order valence-corrected chi connectivity index (χ2v) is 6.16. The zero-order chi connectivity index (χ0) is 16.0. The van der Waals surface area contributed by atoms with Crippen molar-refractivity contribution in [2.24, 2.45) is 17.6 Å². The molecule has 0 aliphatic rings. The number of carbonyl (C=O) groups is 1. The molecule has 0 aliphatic heterocycles. The molecule has 1 aromatic heterocycles. The van der Waals surface area contributed by atoms with Crippen LogP contribution in [0.4, 0.5) is 0 Å².